The van der Waals surface area contributed by atoms with Crippen LogP contribution in [0.15, 0.2) is 54.6 Å². The lowest BCUT2D eigenvalue weighted by atomic mass is 9.99. The summed E-state index contributed by atoms with van der Waals surface area (Å²) in [6, 6.07) is 15.7. The molecule has 0 aliphatic carbocycles. The molecular formula is C22H25NO7. The number of non-ortho nitro benzene ring substituents is 1. The molecule has 0 saturated carbocycles. The molecule has 2 heterocycles. The van der Waals surface area contributed by atoms with Gasteiger partial charge in [-0.25, -0.2) is 0 Å². The molecular weight excluding hydrogens is 390 g/mol. The molecule has 0 aromatic heterocycles. The first-order valence-corrected chi connectivity index (χ1v) is 9.90. The van der Waals surface area contributed by atoms with E-state index in [1.165, 1.54) is 12.1 Å². The molecule has 2 aliphatic heterocycles. The number of nitro groups is 1. The van der Waals surface area contributed by atoms with E-state index >= 15 is 0 Å². The topological polar surface area (TPSA) is 89.3 Å². The second-order valence-electron chi connectivity index (χ2n) is 7.90. The van der Waals surface area contributed by atoms with Crippen molar-refractivity contribution >= 4 is 5.69 Å². The molecule has 2 saturated heterocycles. The first-order chi connectivity index (χ1) is 14.3. The van der Waals surface area contributed by atoms with Gasteiger partial charge in [-0.3, -0.25) is 10.1 Å². The molecule has 5 atom stereocenters. The van der Waals surface area contributed by atoms with Crippen LogP contribution < -0.4 is 4.74 Å². The van der Waals surface area contributed by atoms with Crippen LogP contribution in [0.4, 0.5) is 5.69 Å². The van der Waals surface area contributed by atoms with Gasteiger partial charge < -0.3 is 23.7 Å². The number of nitrogens with zero attached hydrogens (tertiary/aromatic N) is 1. The number of benzene rings is 2. The third-order valence-electron chi connectivity index (χ3n) is 5.15. The summed E-state index contributed by atoms with van der Waals surface area (Å²) >= 11 is 0. The molecule has 2 aliphatic rings. The van der Waals surface area contributed by atoms with Gasteiger partial charge >= 0.3 is 0 Å². The molecule has 8 nitrogen and oxygen atoms in total. The van der Waals surface area contributed by atoms with Crippen LogP contribution in [0, 0.1) is 10.1 Å². The van der Waals surface area contributed by atoms with E-state index in [0.29, 0.717) is 12.4 Å². The normalized spacial score (nSPS) is 29.9. The molecule has 2 aromatic rings. The van der Waals surface area contributed by atoms with E-state index in [9.17, 15) is 10.1 Å². The van der Waals surface area contributed by atoms with Crippen molar-refractivity contribution in [1.82, 2.24) is 0 Å². The molecule has 0 spiro atoms. The lowest BCUT2D eigenvalue weighted by Gasteiger charge is -2.40. The first-order valence-electron chi connectivity index (χ1n) is 9.90. The van der Waals surface area contributed by atoms with Gasteiger partial charge in [0.2, 0.25) is 6.29 Å². The summed E-state index contributed by atoms with van der Waals surface area (Å²) in [5.41, 5.74) is 1.01. The molecule has 2 fully saturated rings. The lowest BCUT2D eigenvalue weighted by molar-refractivity contribution is -0.384. The molecule has 160 valence electrons. The fraction of sp³-hybridized carbons (Fsp3) is 0.455. The zero-order valence-corrected chi connectivity index (χ0v) is 17.1. The molecule has 30 heavy (non-hydrogen) atoms. The predicted molar refractivity (Wildman–Crippen MR) is 107 cm³/mol. The Morgan fingerprint density at radius 1 is 1.03 bits per heavy atom. The fourth-order valence-electron chi connectivity index (χ4n) is 3.77. The highest BCUT2D eigenvalue weighted by atomic mass is 16.8. The number of hydrogen-bond acceptors (Lipinski definition) is 7. The number of rotatable bonds is 6. The highest BCUT2D eigenvalue weighted by Gasteiger charge is 2.55. The number of hydrogen-bond donors (Lipinski definition) is 0. The maximum Gasteiger partial charge on any atom is 0.269 e. The molecule has 0 N–H and O–H groups in total. The van der Waals surface area contributed by atoms with Gasteiger partial charge in [-0.1, -0.05) is 30.3 Å². The highest BCUT2D eigenvalue weighted by molar-refractivity contribution is 5.36. The van der Waals surface area contributed by atoms with E-state index in [0.717, 1.165) is 5.56 Å². The van der Waals surface area contributed by atoms with Crippen molar-refractivity contribution in [2.45, 2.75) is 63.9 Å². The summed E-state index contributed by atoms with van der Waals surface area (Å²) < 4.78 is 30.5. The Hall–Kier alpha value is -2.52. The summed E-state index contributed by atoms with van der Waals surface area (Å²) in [6.45, 7) is 5.98. The van der Waals surface area contributed by atoms with Gasteiger partial charge in [0.1, 0.15) is 24.1 Å². The molecule has 2 aromatic carbocycles. The van der Waals surface area contributed by atoms with Crippen molar-refractivity contribution in [3.05, 3.63) is 70.3 Å². The Balaban J connectivity index is 1.55. The van der Waals surface area contributed by atoms with Crippen molar-refractivity contribution in [3.63, 3.8) is 0 Å². The van der Waals surface area contributed by atoms with Crippen molar-refractivity contribution in [2.24, 2.45) is 0 Å². The van der Waals surface area contributed by atoms with E-state index < -0.39 is 23.1 Å². The van der Waals surface area contributed by atoms with E-state index in [1.54, 1.807) is 12.1 Å². The number of ether oxygens (including phenoxy) is 5. The zero-order chi connectivity index (χ0) is 21.3. The van der Waals surface area contributed by atoms with Gasteiger partial charge in [0.05, 0.1) is 17.6 Å². The maximum absolute atomic E-state index is 10.9. The minimum absolute atomic E-state index is 0.00787. The maximum atomic E-state index is 10.9. The quantitative estimate of drug-likeness (QED) is 0.523. The SMILES string of the molecule is C[C@@H]1O[C@H](Oc2ccc([N+](=O)[O-])cc2)[C@@H](OCc2ccccc2)[C@@H]2OC(C)(C)O[C@@H]21. The minimum Gasteiger partial charge on any atom is -0.462 e. The van der Waals surface area contributed by atoms with Crippen LogP contribution in [-0.2, 0) is 25.6 Å². The van der Waals surface area contributed by atoms with Gasteiger partial charge in [-0.2, -0.15) is 0 Å². The summed E-state index contributed by atoms with van der Waals surface area (Å²) in [5, 5.41) is 10.9. The standard InChI is InChI=1S/C22H25NO7/c1-14-18-19(30-22(2,3)29-18)20(26-13-15-7-5-4-6-8-15)21(27-14)28-17-11-9-16(10-12-17)23(24)25/h4-12,14,18-21H,13H2,1-3H3/t14-,18+,19+,20-,21+/m0/s1. The average molecular weight is 415 g/mol. The van der Waals surface area contributed by atoms with E-state index in [1.807, 2.05) is 51.1 Å². The van der Waals surface area contributed by atoms with E-state index in [4.69, 9.17) is 23.7 Å². The molecule has 0 amide bonds. The highest BCUT2D eigenvalue weighted by Crippen LogP contribution is 2.39. The molecule has 8 heteroatoms. The minimum atomic E-state index is -0.760. The van der Waals surface area contributed by atoms with Gasteiger partial charge in [-0.05, 0) is 38.5 Å². The van der Waals surface area contributed by atoms with Gasteiger partial charge in [-0.15, -0.1) is 0 Å². The van der Waals surface area contributed by atoms with Gasteiger partial charge in [0, 0.05) is 12.1 Å². The van der Waals surface area contributed by atoms with Crippen LogP contribution in [0.1, 0.15) is 26.3 Å². The summed E-state index contributed by atoms with van der Waals surface area (Å²) in [4.78, 5) is 10.4. The van der Waals surface area contributed by atoms with E-state index in [-0.39, 0.29) is 24.0 Å². The third-order valence-corrected chi connectivity index (χ3v) is 5.15. The van der Waals surface area contributed by atoms with Crippen LogP contribution >= 0.6 is 0 Å². The Kier molecular flexibility index (Phi) is 5.75. The summed E-state index contributed by atoms with van der Waals surface area (Å²) in [5.74, 6) is -0.313. The van der Waals surface area contributed by atoms with Crippen LogP contribution in [0.5, 0.6) is 5.75 Å². The van der Waals surface area contributed by atoms with Gasteiger partial charge in [0.15, 0.2) is 5.79 Å². The average Bonchev–Trinajstić information content (AvgIpc) is 3.05. The number of fused-ring (bicyclic) bond motifs is 1. The third kappa shape index (κ3) is 4.46. The second-order valence-corrected chi connectivity index (χ2v) is 7.90. The van der Waals surface area contributed by atoms with Crippen LogP contribution in [0.3, 0.4) is 0 Å². The molecule has 0 unspecified atom stereocenters. The van der Waals surface area contributed by atoms with Gasteiger partial charge in [0.25, 0.3) is 5.69 Å². The smallest absolute Gasteiger partial charge is 0.269 e. The largest absolute Gasteiger partial charge is 0.462 e. The van der Waals surface area contributed by atoms with Crippen LogP contribution in [-0.4, -0.2) is 41.4 Å². The van der Waals surface area contributed by atoms with Crippen molar-refractivity contribution in [1.29, 1.82) is 0 Å². The Bertz CT molecular complexity index is 871. The second kappa shape index (κ2) is 8.31. The van der Waals surface area contributed by atoms with Crippen LogP contribution in [0.25, 0.3) is 0 Å². The van der Waals surface area contributed by atoms with Crippen LogP contribution in [0.2, 0.25) is 0 Å². The fourth-order valence-corrected chi connectivity index (χ4v) is 3.77. The Morgan fingerprint density at radius 3 is 2.37 bits per heavy atom. The predicted octanol–water partition coefficient (Wildman–Crippen LogP) is 3.82. The molecule has 0 radical (unpaired) electrons. The monoisotopic (exact) mass is 415 g/mol. The lowest BCUT2D eigenvalue weighted by Crippen LogP contribution is -2.58. The molecule has 4 rings (SSSR count). The first kappa shape index (κ1) is 20.7. The Morgan fingerprint density at radius 2 is 1.70 bits per heavy atom. The summed E-state index contributed by atoms with van der Waals surface area (Å²) in [6.07, 6.45) is -2.27. The Labute approximate surface area is 174 Å². The zero-order valence-electron chi connectivity index (χ0n) is 17.1. The number of nitro benzene ring substituents is 1. The van der Waals surface area contributed by atoms with Crippen molar-refractivity contribution in [3.8, 4) is 5.75 Å². The van der Waals surface area contributed by atoms with Crippen molar-refractivity contribution < 1.29 is 28.6 Å². The summed E-state index contributed by atoms with van der Waals surface area (Å²) in [7, 11) is 0. The molecule has 0 bridgehead atoms. The van der Waals surface area contributed by atoms with E-state index in [2.05, 4.69) is 0 Å². The van der Waals surface area contributed by atoms with Crippen molar-refractivity contribution in [2.75, 3.05) is 0 Å².